The molecule has 2 saturated carbocycles. The van der Waals surface area contributed by atoms with Crippen LogP contribution in [-0.2, 0) is 0 Å². The van der Waals surface area contributed by atoms with Crippen LogP contribution < -0.4 is 5.32 Å². The highest BCUT2D eigenvalue weighted by atomic mass is 31.0. The van der Waals surface area contributed by atoms with E-state index in [0.717, 1.165) is 5.92 Å². The molecule has 5 unspecified atom stereocenters. The molecule has 2 heteroatoms. The van der Waals surface area contributed by atoms with E-state index in [2.05, 4.69) is 28.4 Å². The molecule has 3 rings (SSSR count). The fourth-order valence-electron chi connectivity index (χ4n) is 4.82. The molecule has 1 saturated heterocycles. The normalized spacial score (nSPS) is 56.8. The molecule has 1 nitrogen and oxygen atoms in total. The van der Waals surface area contributed by atoms with E-state index in [-0.39, 0.29) is 0 Å². The Kier molecular flexibility index (Phi) is 2.48. The molecule has 0 spiro atoms. The zero-order valence-corrected chi connectivity index (χ0v) is 12.0. The van der Waals surface area contributed by atoms with E-state index in [9.17, 15) is 0 Å². The van der Waals surface area contributed by atoms with Crippen LogP contribution in [0.15, 0.2) is 0 Å². The summed E-state index contributed by atoms with van der Waals surface area (Å²) in [6.45, 7) is 7.64. The van der Waals surface area contributed by atoms with Crippen LogP contribution in [0.4, 0.5) is 0 Å². The van der Waals surface area contributed by atoms with Gasteiger partial charge in [0.25, 0.3) is 0 Å². The van der Waals surface area contributed by atoms with Gasteiger partial charge in [-0.3, -0.25) is 0 Å². The Labute approximate surface area is 102 Å². The second-order valence-electron chi connectivity index (χ2n) is 7.29. The Bertz CT molecular complexity index is 301. The number of hydrogen-bond donors (Lipinski definition) is 1. The predicted octanol–water partition coefficient (Wildman–Crippen LogP) is 3.20. The minimum absolute atomic E-state index is 0.496. The van der Waals surface area contributed by atoms with E-state index >= 15 is 0 Å². The van der Waals surface area contributed by atoms with E-state index < -0.39 is 0 Å². The van der Waals surface area contributed by atoms with Gasteiger partial charge in [-0.2, -0.15) is 0 Å². The molecule has 0 aromatic rings. The van der Waals surface area contributed by atoms with Crippen LogP contribution in [-0.4, -0.2) is 18.2 Å². The first-order valence-electron chi connectivity index (χ1n) is 6.97. The summed E-state index contributed by atoms with van der Waals surface area (Å²) in [6.07, 6.45) is 8.69. The summed E-state index contributed by atoms with van der Waals surface area (Å²) in [5.74, 6) is 1.01. The zero-order chi connectivity index (χ0) is 11.4. The van der Waals surface area contributed by atoms with Crippen LogP contribution in [0.3, 0.4) is 0 Å². The van der Waals surface area contributed by atoms with Gasteiger partial charge in [0.05, 0.1) is 0 Å². The minimum Gasteiger partial charge on any atom is -0.316 e. The molecular formula is C14H26NP. The second-order valence-corrected chi connectivity index (χ2v) is 8.68. The summed E-state index contributed by atoms with van der Waals surface area (Å²) in [7, 11) is 3.16. The average molecular weight is 239 g/mol. The summed E-state index contributed by atoms with van der Waals surface area (Å²) in [4.78, 5) is 0. The highest BCUT2D eigenvalue weighted by Gasteiger charge is 2.66. The van der Waals surface area contributed by atoms with Crippen LogP contribution in [0, 0.1) is 16.7 Å². The van der Waals surface area contributed by atoms with Gasteiger partial charge in [-0.1, -0.05) is 26.7 Å². The Morgan fingerprint density at radius 3 is 2.56 bits per heavy atom. The van der Waals surface area contributed by atoms with Crippen molar-refractivity contribution in [2.45, 2.75) is 57.5 Å². The maximum Gasteiger partial charge on any atom is 0.00164 e. The predicted molar refractivity (Wildman–Crippen MR) is 72.7 cm³/mol. The third kappa shape index (κ3) is 1.58. The molecule has 0 aromatic carbocycles. The number of hydrogen-bond acceptors (Lipinski definition) is 1. The van der Waals surface area contributed by atoms with Crippen molar-refractivity contribution >= 4 is 9.24 Å². The molecule has 5 atom stereocenters. The van der Waals surface area contributed by atoms with Gasteiger partial charge < -0.3 is 5.32 Å². The van der Waals surface area contributed by atoms with Gasteiger partial charge in [-0.25, -0.2) is 0 Å². The summed E-state index contributed by atoms with van der Waals surface area (Å²) in [5.41, 5.74) is 1.29. The van der Waals surface area contributed by atoms with Crippen LogP contribution in [0.5, 0.6) is 0 Å². The van der Waals surface area contributed by atoms with Crippen molar-refractivity contribution in [3.05, 3.63) is 0 Å². The average Bonchev–Trinajstić information content (AvgIpc) is 2.81. The lowest BCUT2D eigenvalue weighted by molar-refractivity contribution is 0.125. The van der Waals surface area contributed by atoms with Gasteiger partial charge in [0.1, 0.15) is 0 Å². The smallest absolute Gasteiger partial charge is 0.00164 e. The molecule has 1 heterocycles. The number of nitrogens with one attached hydrogen (secondary N) is 1. The minimum atomic E-state index is 0.496. The van der Waals surface area contributed by atoms with Crippen molar-refractivity contribution in [2.24, 2.45) is 16.7 Å². The van der Waals surface area contributed by atoms with Gasteiger partial charge in [0, 0.05) is 6.54 Å². The van der Waals surface area contributed by atoms with Crippen LogP contribution in [0.2, 0.25) is 0 Å². The molecule has 0 radical (unpaired) electrons. The van der Waals surface area contributed by atoms with Crippen LogP contribution in [0.25, 0.3) is 0 Å². The molecule has 0 aromatic heterocycles. The molecule has 1 N–H and O–H groups in total. The first-order valence-corrected chi connectivity index (χ1v) is 7.55. The van der Waals surface area contributed by atoms with Gasteiger partial charge in [-0.05, 0) is 54.1 Å². The van der Waals surface area contributed by atoms with E-state index in [4.69, 9.17) is 0 Å². The summed E-state index contributed by atoms with van der Waals surface area (Å²) in [6, 6.07) is 0. The monoisotopic (exact) mass is 239 g/mol. The Morgan fingerprint density at radius 2 is 1.94 bits per heavy atom. The molecule has 3 fully saturated rings. The lowest BCUT2D eigenvalue weighted by Crippen LogP contribution is -2.37. The van der Waals surface area contributed by atoms with Crippen LogP contribution >= 0.6 is 9.24 Å². The lowest BCUT2D eigenvalue weighted by atomic mass is 9.66. The zero-order valence-electron chi connectivity index (χ0n) is 10.8. The Balaban J connectivity index is 1.86. The molecular weight excluding hydrogens is 213 g/mol. The van der Waals surface area contributed by atoms with E-state index in [0.29, 0.717) is 16.0 Å². The highest BCUT2D eigenvalue weighted by Crippen LogP contribution is 2.69. The number of piperidine rings is 1. The fourth-order valence-corrected chi connectivity index (χ4v) is 5.48. The highest BCUT2D eigenvalue weighted by molar-refractivity contribution is 7.18. The molecule has 0 amide bonds. The lowest BCUT2D eigenvalue weighted by Gasteiger charge is -2.41. The molecule has 1 aliphatic heterocycles. The summed E-state index contributed by atoms with van der Waals surface area (Å²) < 4.78 is 0. The SMILES string of the molecule is CC1(P)CCCCC(C)(C23CNCC2C3)C1. The first kappa shape index (κ1) is 11.5. The van der Waals surface area contributed by atoms with E-state index in [1.54, 1.807) is 0 Å². The fraction of sp³-hybridized carbons (Fsp3) is 1.00. The van der Waals surface area contributed by atoms with Gasteiger partial charge in [0.2, 0.25) is 0 Å². The standard InChI is InChI=1S/C14H26NP/c1-12(14-7-11(14)8-15-10-14)5-3-4-6-13(2,16)9-12/h11,15H,3-10,16H2,1-2H3. The first-order chi connectivity index (χ1) is 7.48. The van der Waals surface area contributed by atoms with Crippen molar-refractivity contribution in [3.8, 4) is 0 Å². The number of fused-ring (bicyclic) bond motifs is 1. The van der Waals surface area contributed by atoms with Crippen molar-refractivity contribution in [2.75, 3.05) is 13.1 Å². The molecule has 16 heavy (non-hydrogen) atoms. The van der Waals surface area contributed by atoms with Crippen LogP contribution in [0.1, 0.15) is 52.4 Å². The van der Waals surface area contributed by atoms with Crippen molar-refractivity contribution in [3.63, 3.8) is 0 Å². The molecule has 92 valence electrons. The van der Waals surface area contributed by atoms with Gasteiger partial charge >= 0.3 is 0 Å². The number of rotatable bonds is 1. The maximum absolute atomic E-state index is 3.63. The Morgan fingerprint density at radius 1 is 1.19 bits per heavy atom. The molecule has 0 bridgehead atoms. The van der Waals surface area contributed by atoms with Gasteiger partial charge in [-0.15, -0.1) is 9.24 Å². The molecule has 2 aliphatic carbocycles. The maximum atomic E-state index is 3.63. The third-order valence-electron chi connectivity index (χ3n) is 5.79. The topological polar surface area (TPSA) is 12.0 Å². The third-order valence-corrected chi connectivity index (χ3v) is 6.28. The van der Waals surface area contributed by atoms with Crippen molar-refractivity contribution in [1.29, 1.82) is 0 Å². The van der Waals surface area contributed by atoms with E-state index in [1.165, 1.54) is 51.6 Å². The van der Waals surface area contributed by atoms with E-state index in [1.807, 2.05) is 0 Å². The summed E-state index contributed by atoms with van der Waals surface area (Å²) in [5, 5.41) is 4.12. The van der Waals surface area contributed by atoms with Crippen molar-refractivity contribution < 1.29 is 0 Å². The van der Waals surface area contributed by atoms with Crippen molar-refractivity contribution in [1.82, 2.24) is 5.32 Å². The Hall–Kier alpha value is 0.390. The second kappa shape index (κ2) is 3.45. The molecule has 3 aliphatic rings. The quantitative estimate of drug-likeness (QED) is 0.547. The van der Waals surface area contributed by atoms with Gasteiger partial charge in [0.15, 0.2) is 0 Å². The largest absolute Gasteiger partial charge is 0.316 e. The summed E-state index contributed by atoms with van der Waals surface area (Å²) >= 11 is 0.